The number of rotatable bonds is 3. The number of carbonyl (C=O) groups excluding carboxylic acids is 1. The number of piperidine rings is 1. The summed E-state index contributed by atoms with van der Waals surface area (Å²) < 4.78 is 0. The molecule has 2 unspecified atom stereocenters. The van der Waals surface area contributed by atoms with Crippen molar-refractivity contribution in [2.24, 2.45) is 11.7 Å². The van der Waals surface area contributed by atoms with Gasteiger partial charge < -0.3 is 10.6 Å². The molecule has 0 aromatic carbocycles. The van der Waals surface area contributed by atoms with Crippen LogP contribution < -0.4 is 5.73 Å². The van der Waals surface area contributed by atoms with E-state index in [1.807, 2.05) is 11.8 Å². The predicted molar refractivity (Wildman–Crippen MR) is 70.2 cm³/mol. The van der Waals surface area contributed by atoms with Crippen LogP contribution in [0.1, 0.15) is 42.2 Å². The van der Waals surface area contributed by atoms with Crippen LogP contribution in [0.3, 0.4) is 0 Å². The Morgan fingerprint density at radius 2 is 2.44 bits per heavy atom. The van der Waals surface area contributed by atoms with Crippen LogP contribution in [-0.2, 0) is 0 Å². The first-order valence-electron chi connectivity index (χ1n) is 6.68. The molecule has 1 aliphatic rings. The minimum Gasteiger partial charge on any atom is -0.334 e. The molecule has 5 nitrogen and oxygen atoms in total. The molecule has 18 heavy (non-hydrogen) atoms. The molecule has 2 heterocycles. The summed E-state index contributed by atoms with van der Waals surface area (Å²) in [6, 6.07) is 0.172. The van der Waals surface area contributed by atoms with Crippen molar-refractivity contribution in [3.8, 4) is 0 Å². The lowest BCUT2D eigenvalue weighted by Crippen LogP contribution is -2.49. The Hall–Kier alpha value is -1.36. The van der Waals surface area contributed by atoms with Crippen molar-refractivity contribution in [3.63, 3.8) is 0 Å². The van der Waals surface area contributed by atoms with Gasteiger partial charge in [0.05, 0.1) is 11.8 Å². The highest BCUT2D eigenvalue weighted by molar-refractivity contribution is 5.95. The quantitative estimate of drug-likeness (QED) is 0.849. The van der Waals surface area contributed by atoms with E-state index in [4.69, 9.17) is 5.73 Å². The number of hydrogen-bond acceptors (Lipinski definition) is 3. The number of aromatic nitrogens is 2. The van der Waals surface area contributed by atoms with Crippen LogP contribution in [0.25, 0.3) is 0 Å². The van der Waals surface area contributed by atoms with Crippen molar-refractivity contribution in [2.45, 2.75) is 39.2 Å². The molecule has 0 saturated carbocycles. The zero-order valence-electron chi connectivity index (χ0n) is 11.1. The third-order valence-corrected chi connectivity index (χ3v) is 4.00. The topological polar surface area (TPSA) is 75.0 Å². The fourth-order valence-electron chi connectivity index (χ4n) is 2.72. The predicted octanol–water partition coefficient (Wildman–Crippen LogP) is 1.31. The van der Waals surface area contributed by atoms with Crippen molar-refractivity contribution in [1.82, 2.24) is 15.1 Å². The average Bonchev–Trinajstić information content (AvgIpc) is 2.83. The summed E-state index contributed by atoms with van der Waals surface area (Å²) in [5.41, 5.74) is 7.32. The van der Waals surface area contributed by atoms with E-state index in [0.29, 0.717) is 18.0 Å². The summed E-state index contributed by atoms with van der Waals surface area (Å²) in [5.74, 6) is 0.763. The zero-order chi connectivity index (χ0) is 13.1. The van der Waals surface area contributed by atoms with E-state index < -0.39 is 0 Å². The normalized spacial score (nSPS) is 24.3. The fraction of sp³-hybridized carbons (Fsp3) is 0.692. The second-order valence-corrected chi connectivity index (χ2v) is 5.10. The summed E-state index contributed by atoms with van der Waals surface area (Å²) in [5, 5.41) is 6.73. The lowest BCUT2D eigenvalue weighted by molar-refractivity contribution is 0.0558. The monoisotopic (exact) mass is 250 g/mol. The maximum atomic E-state index is 12.5. The van der Waals surface area contributed by atoms with Gasteiger partial charge >= 0.3 is 0 Å². The van der Waals surface area contributed by atoms with E-state index in [1.54, 1.807) is 6.20 Å². The molecule has 100 valence electrons. The smallest absolute Gasteiger partial charge is 0.257 e. The molecule has 1 amide bonds. The van der Waals surface area contributed by atoms with Gasteiger partial charge in [-0.1, -0.05) is 13.3 Å². The van der Waals surface area contributed by atoms with Crippen LogP contribution in [0.4, 0.5) is 0 Å². The molecule has 1 aromatic heterocycles. The number of nitrogens with two attached hydrogens (primary N) is 1. The molecular weight excluding hydrogens is 228 g/mol. The molecule has 1 aromatic rings. The van der Waals surface area contributed by atoms with Gasteiger partial charge in [-0.25, -0.2) is 0 Å². The maximum Gasteiger partial charge on any atom is 0.257 e. The molecule has 2 atom stereocenters. The second-order valence-electron chi connectivity index (χ2n) is 5.10. The Balaban J connectivity index is 2.13. The van der Waals surface area contributed by atoms with Crippen LogP contribution in [0.5, 0.6) is 0 Å². The van der Waals surface area contributed by atoms with Gasteiger partial charge in [0, 0.05) is 24.8 Å². The van der Waals surface area contributed by atoms with Crippen molar-refractivity contribution < 1.29 is 4.79 Å². The summed E-state index contributed by atoms with van der Waals surface area (Å²) in [6.07, 6.45) is 4.88. The SMILES string of the molecule is CCC1CCN(C(=O)c2cn[nH]c2C)C(CN)C1. The summed E-state index contributed by atoms with van der Waals surface area (Å²) in [7, 11) is 0. The molecule has 0 spiro atoms. The van der Waals surface area contributed by atoms with Crippen LogP contribution in [-0.4, -0.2) is 40.1 Å². The van der Waals surface area contributed by atoms with Gasteiger partial charge in [-0.3, -0.25) is 9.89 Å². The van der Waals surface area contributed by atoms with E-state index in [0.717, 1.165) is 25.1 Å². The molecule has 1 aliphatic heterocycles. The van der Waals surface area contributed by atoms with Gasteiger partial charge in [0.2, 0.25) is 0 Å². The Kier molecular flexibility index (Phi) is 4.01. The van der Waals surface area contributed by atoms with Crippen molar-refractivity contribution in [2.75, 3.05) is 13.1 Å². The summed E-state index contributed by atoms with van der Waals surface area (Å²) >= 11 is 0. The third-order valence-electron chi connectivity index (χ3n) is 4.00. The Morgan fingerprint density at radius 3 is 3.00 bits per heavy atom. The zero-order valence-corrected chi connectivity index (χ0v) is 11.1. The number of nitrogens with one attached hydrogen (secondary N) is 1. The lowest BCUT2D eigenvalue weighted by atomic mass is 9.88. The number of H-pyrrole nitrogens is 1. The number of aryl methyl sites for hydroxylation is 1. The highest BCUT2D eigenvalue weighted by Gasteiger charge is 2.31. The van der Waals surface area contributed by atoms with E-state index in [9.17, 15) is 4.79 Å². The van der Waals surface area contributed by atoms with Gasteiger partial charge in [0.25, 0.3) is 5.91 Å². The van der Waals surface area contributed by atoms with Crippen LogP contribution in [0.2, 0.25) is 0 Å². The molecule has 0 aliphatic carbocycles. The van der Waals surface area contributed by atoms with Crippen molar-refractivity contribution >= 4 is 5.91 Å². The van der Waals surface area contributed by atoms with E-state index >= 15 is 0 Å². The maximum absolute atomic E-state index is 12.5. The summed E-state index contributed by atoms with van der Waals surface area (Å²) in [6.45, 7) is 5.43. The number of carbonyl (C=O) groups is 1. The lowest BCUT2D eigenvalue weighted by Gasteiger charge is -2.38. The van der Waals surface area contributed by atoms with Gasteiger partial charge in [-0.2, -0.15) is 5.10 Å². The number of nitrogens with zero attached hydrogens (tertiary/aromatic N) is 2. The minimum absolute atomic E-state index is 0.0613. The summed E-state index contributed by atoms with van der Waals surface area (Å²) in [4.78, 5) is 14.4. The van der Waals surface area contributed by atoms with Gasteiger partial charge in [0.15, 0.2) is 0 Å². The van der Waals surface area contributed by atoms with E-state index in [-0.39, 0.29) is 11.9 Å². The molecule has 0 bridgehead atoms. The molecule has 1 saturated heterocycles. The third kappa shape index (κ3) is 2.41. The fourth-order valence-corrected chi connectivity index (χ4v) is 2.72. The number of amides is 1. The molecule has 3 N–H and O–H groups in total. The number of hydrogen-bond donors (Lipinski definition) is 2. The standard InChI is InChI=1S/C13H22N4O/c1-3-10-4-5-17(11(6-10)7-14)13(18)12-8-15-16-9(12)2/h8,10-11H,3-7,14H2,1-2H3,(H,15,16). The molecule has 1 fully saturated rings. The highest BCUT2D eigenvalue weighted by atomic mass is 16.2. The number of aromatic amines is 1. The first-order chi connectivity index (χ1) is 8.67. The van der Waals surface area contributed by atoms with Crippen LogP contribution in [0.15, 0.2) is 6.20 Å². The Morgan fingerprint density at radius 1 is 1.67 bits per heavy atom. The molecular formula is C13H22N4O. The molecule has 0 radical (unpaired) electrons. The molecule has 2 rings (SSSR count). The molecule has 5 heteroatoms. The Bertz CT molecular complexity index is 415. The van der Waals surface area contributed by atoms with Gasteiger partial charge in [-0.05, 0) is 25.7 Å². The second kappa shape index (κ2) is 5.52. The van der Waals surface area contributed by atoms with Gasteiger partial charge in [0.1, 0.15) is 0 Å². The largest absolute Gasteiger partial charge is 0.334 e. The minimum atomic E-state index is 0.0613. The van der Waals surface area contributed by atoms with Gasteiger partial charge in [-0.15, -0.1) is 0 Å². The highest BCUT2D eigenvalue weighted by Crippen LogP contribution is 2.26. The van der Waals surface area contributed by atoms with Crippen molar-refractivity contribution in [3.05, 3.63) is 17.5 Å². The number of likely N-dealkylation sites (tertiary alicyclic amines) is 1. The first kappa shape index (κ1) is 13.1. The van der Waals surface area contributed by atoms with Crippen molar-refractivity contribution in [1.29, 1.82) is 0 Å². The average molecular weight is 250 g/mol. The van der Waals surface area contributed by atoms with Crippen LogP contribution >= 0.6 is 0 Å². The first-order valence-corrected chi connectivity index (χ1v) is 6.68. The Labute approximate surface area is 108 Å². The van der Waals surface area contributed by atoms with E-state index in [1.165, 1.54) is 6.42 Å². The van der Waals surface area contributed by atoms with Crippen LogP contribution in [0, 0.1) is 12.8 Å². The van der Waals surface area contributed by atoms with E-state index in [2.05, 4.69) is 17.1 Å².